The quantitative estimate of drug-likeness (QED) is 0.842. The van der Waals surface area contributed by atoms with Crippen molar-refractivity contribution in [2.45, 2.75) is 17.7 Å². The molecule has 106 valence electrons. The molecule has 0 N–H and O–H groups in total. The Morgan fingerprint density at radius 2 is 1.81 bits per heavy atom. The van der Waals surface area contributed by atoms with Crippen LogP contribution >= 0.6 is 11.8 Å². The molecule has 0 aromatic heterocycles. The van der Waals surface area contributed by atoms with Gasteiger partial charge in [-0.05, 0) is 23.8 Å². The second-order valence-electron chi connectivity index (χ2n) is 5.65. The number of nitrogens with zero attached hydrogens (tertiary/aromatic N) is 1. The van der Waals surface area contributed by atoms with Gasteiger partial charge in [0, 0.05) is 24.1 Å². The van der Waals surface area contributed by atoms with Crippen LogP contribution in [0.1, 0.15) is 27.9 Å². The maximum Gasteiger partial charge on any atom is 0.255 e. The lowest BCUT2D eigenvalue weighted by Gasteiger charge is -2.42. The van der Waals surface area contributed by atoms with Crippen molar-refractivity contribution in [1.82, 2.24) is 4.90 Å². The summed E-state index contributed by atoms with van der Waals surface area (Å²) in [5.74, 6) is 1.32. The van der Waals surface area contributed by atoms with Crippen molar-refractivity contribution < 1.29 is 4.79 Å². The van der Waals surface area contributed by atoms with Crippen LogP contribution in [0, 0.1) is 0 Å². The van der Waals surface area contributed by atoms with Gasteiger partial charge < -0.3 is 4.90 Å². The summed E-state index contributed by atoms with van der Waals surface area (Å²) in [6, 6.07) is 18.6. The molecule has 0 radical (unpaired) electrons. The molecule has 2 nitrogen and oxygen atoms in total. The van der Waals surface area contributed by atoms with Gasteiger partial charge in [0.25, 0.3) is 5.91 Å². The number of amides is 1. The van der Waals surface area contributed by atoms with Gasteiger partial charge in [-0.3, -0.25) is 4.79 Å². The molecule has 0 aliphatic carbocycles. The van der Waals surface area contributed by atoms with Gasteiger partial charge in [-0.2, -0.15) is 0 Å². The fourth-order valence-corrected chi connectivity index (χ4v) is 5.02. The number of carbonyl (C=O) groups excluding carboxylic acids is 1. The molecule has 1 unspecified atom stereocenters. The van der Waals surface area contributed by atoms with Crippen molar-refractivity contribution in [3.05, 3.63) is 71.3 Å². The van der Waals surface area contributed by atoms with Crippen molar-refractivity contribution in [1.29, 1.82) is 0 Å². The van der Waals surface area contributed by atoms with Gasteiger partial charge in [-0.1, -0.05) is 48.5 Å². The Morgan fingerprint density at radius 3 is 2.67 bits per heavy atom. The van der Waals surface area contributed by atoms with E-state index >= 15 is 0 Å². The minimum atomic E-state index is -0.201. The van der Waals surface area contributed by atoms with E-state index in [4.69, 9.17) is 0 Å². The highest BCUT2D eigenvalue weighted by molar-refractivity contribution is 8.00. The molecule has 3 heteroatoms. The number of rotatable bonds is 2. The lowest BCUT2D eigenvalue weighted by molar-refractivity contribution is 0.0680. The lowest BCUT2D eigenvalue weighted by Crippen LogP contribution is -2.46. The predicted octanol–water partition coefficient (Wildman–Crippen LogP) is 3.67. The van der Waals surface area contributed by atoms with Gasteiger partial charge in [-0.15, -0.1) is 11.8 Å². The minimum Gasteiger partial charge on any atom is -0.319 e. The third kappa shape index (κ3) is 1.91. The third-order valence-electron chi connectivity index (χ3n) is 4.41. The van der Waals surface area contributed by atoms with E-state index in [1.165, 1.54) is 11.1 Å². The average Bonchev–Trinajstić information content (AvgIpc) is 2.79. The van der Waals surface area contributed by atoms with E-state index in [-0.39, 0.29) is 10.8 Å². The first kappa shape index (κ1) is 13.0. The van der Waals surface area contributed by atoms with Crippen molar-refractivity contribution in [3.63, 3.8) is 0 Å². The molecule has 21 heavy (non-hydrogen) atoms. The molecule has 2 aliphatic rings. The van der Waals surface area contributed by atoms with Crippen molar-refractivity contribution >= 4 is 17.7 Å². The maximum absolute atomic E-state index is 12.7. The van der Waals surface area contributed by atoms with Gasteiger partial charge in [0.1, 0.15) is 4.87 Å². The zero-order valence-electron chi connectivity index (χ0n) is 11.8. The van der Waals surface area contributed by atoms with E-state index < -0.39 is 0 Å². The van der Waals surface area contributed by atoms with E-state index in [9.17, 15) is 4.79 Å². The van der Waals surface area contributed by atoms with E-state index in [0.29, 0.717) is 0 Å². The van der Waals surface area contributed by atoms with E-state index in [0.717, 1.165) is 30.7 Å². The first-order chi connectivity index (χ1) is 10.3. The number of fused-ring (bicyclic) bond motifs is 3. The second kappa shape index (κ2) is 4.92. The number of benzene rings is 2. The molecule has 2 aromatic carbocycles. The highest BCUT2D eigenvalue weighted by atomic mass is 32.2. The van der Waals surface area contributed by atoms with Gasteiger partial charge in [0.15, 0.2) is 0 Å². The molecule has 1 saturated heterocycles. The molecule has 4 rings (SSSR count). The van der Waals surface area contributed by atoms with E-state index in [1.54, 1.807) is 0 Å². The standard InChI is InChI=1S/C18H17NOS/c20-17-15-9-4-5-10-16(15)18(19(17)11-6-12-21-18)13-14-7-2-1-3-8-14/h1-5,7-10H,6,11-13H2. The fraction of sp³-hybridized carbons (Fsp3) is 0.278. The van der Waals surface area contributed by atoms with Crippen LogP contribution in [0.15, 0.2) is 54.6 Å². The van der Waals surface area contributed by atoms with Gasteiger partial charge in [0.05, 0.1) is 0 Å². The normalized spacial score (nSPS) is 23.8. The highest BCUT2D eigenvalue weighted by Gasteiger charge is 2.51. The molecule has 0 bridgehead atoms. The SMILES string of the molecule is O=C1c2ccccc2C2(Cc3ccccc3)SCCCN12. The first-order valence-corrected chi connectivity index (χ1v) is 8.39. The Kier molecular flexibility index (Phi) is 3.03. The van der Waals surface area contributed by atoms with Crippen LogP contribution < -0.4 is 0 Å². The summed E-state index contributed by atoms with van der Waals surface area (Å²) in [5.41, 5.74) is 3.38. The Hall–Kier alpha value is -1.74. The Bertz CT molecular complexity index is 685. The largest absolute Gasteiger partial charge is 0.319 e. The topological polar surface area (TPSA) is 20.3 Å². The molecule has 2 aliphatic heterocycles. The van der Waals surface area contributed by atoms with Gasteiger partial charge in [-0.25, -0.2) is 0 Å². The smallest absolute Gasteiger partial charge is 0.255 e. The molecular weight excluding hydrogens is 278 g/mol. The zero-order valence-corrected chi connectivity index (χ0v) is 12.6. The Balaban J connectivity index is 1.84. The van der Waals surface area contributed by atoms with Crippen LogP contribution in [0.4, 0.5) is 0 Å². The molecule has 1 atom stereocenters. The summed E-state index contributed by atoms with van der Waals surface area (Å²) in [7, 11) is 0. The van der Waals surface area contributed by atoms with Crippen LogP contribution in [0.2, 0.25) is 0 Å². The van der Waals surface area contributed by atoms with Crippen LogP contribution in [-0.2, 0) is 11.3 Å². The summed E-state index contributed by atoms with van der Waals surface area (Å²) >= 11 is 1.93. The fourth-order valence-electron chi connectivity index (χ4n) is 3.48. The number of hydrogen-bond donors (Lipinski definition) is 0. The molecule has 0 spiro atoms. The molecule has 2 heterocycles. The lowest BCUT2D eigenvalue weighted by atomic mass is 9.97. The molecule has 2 aromatic rings. The van der Waals surface area contributed by atoms with E-state index in [1.807, 2.05) is 30.0 Å². The van der Waals surface area contributed by atoms with Crippen LogP contribution in [0.5, 0.6) is 0 Å². The van der Waals surface area contributed by atoms with Gasteiger partial charge in [0.2, 0.25) is 0 Å². The molecule has 1 fully saturated rings. The summed E-state index contributed by atoms with van der Waals surface area (Å²) in [5, 5.41) is 0. The monoisotopic (exact) mass is 295 g/mol. The van der Waals surface area contributed by atoms with Crippen LogP contribution in [-0.4, -0.2) is 23.1 Å². The highest BCUT2D eigenvalue weighted by Crippen LogP contribution is 2.51. The number of carbonyl (C=O) groups is 1. The molecule has 0 saturated carbocycles. The first-order valence-electron chi connectivity index (χ1n) is 7.41. The third-order valence-corrected chi connectivity index (χ3v) is 5.97. The van der Waals surface area contributed by atoms with Crippen molar-refractivity contribution in [2.75, 3.05) is 12.3 Å². The predicted molar refractivity (Wildman–Crippen MR) is 86.4 cm³/mol. The van der Waals surface area contributed by atoms with Crippen molar-refractivity contribution in [3.8, 4) is 0 Å². The number of thioether (sulfide) groups is 1. The van der Waals surface area contributed by atoms with E-state index in [2.05, 4.69) is 41.3 Å². The summed E-state index contributed by atoms with van der Waals surface area (Å²) in [4.78, 5) is 14.6. The second-order valence-corrected chi connectivity index (χ2v) is 7.02. The molecule has 1 amide bonds. The van der Waals surface area contributed by atoms with Crippen molar-refractivity contribution in [2.24, 2.45) is 0 Å². The minimum absolute atomic E-state index is 0.201. The average molecular weight is 295 g/mol. The summed E-state index contributed by atoms with van der Waals surface area (Å²) < 4.78 is 0. The van der Waals surface area contributed by atoms with Crippen LogP contribution in [0.3, 0.4) is 0 Å². The summed E-state index contributed by atoms with van der Waals surface area (Å²) in [6.45, 7) is 0.868. The Labute approximate surface area is 129 Å². The Morgan fingerprint density at radius 1 is 1.05 bits per heavy atom. The summed E-state index contributed by atoms with van der Waals surface area (Å²) in [6.07, 6.45) is 1.97. The molecular formula is C18H17NOS. The number of hydrogen-bond acceptors (Lipinski definition) is 2. The van der Waals surface area contributed by atoms with Gasteiger partial charge >= 0.3 is 0 Å². The van der Waals surface area contributed by atoms with Crippen LogP contribution in [0.25, 0.3) is 0 Å². The maximum atomic E-state index is 12.7. The zero-order chi connectivity index (χ0) is 14.3.